The fourth-order valence-electron chi connectivity index (χ4n) is 2.36. The Hall–Kier alpha value is -1.20. The first-order chi connectivity index (χ1) is 9.69. The van der Waals surface area contributed by atoms with Gasteiger partial charge in [-0.05, 0) is 54.4 Å². The first kappa shape index (κ1) is 15.2. The summed E-state index contributed by atoms with van der Waals surface area (Å²) >= 11 is 3.63. The highest BCUT2D eigenvalue weighted by atomic mass is 79.9. The third-order valence-corrected chi connectivity index (χ3v) is 3.97. The van der Waals surface area contributed by atoms with Gasteiger partial charge < -0.3 is 5.32 Å². The number of nitrogens with zero attached hydrogens (tertiary/aromatic N) is 3. The largest absolute Gasteiger partial charge is 0.305 e. The molecule has 0 saturated heterocycles. The van der Waals surface area contributed by atoms with Gasteiger partial charge in [-0.3, -0.25) is 9.67 Å². The van der Waals surface area contributed by atoms with Crippen molar-refractivity contribution in [3.05, 3.63) is 46.0 Å². The summed E-state index contributed by atoms with van der Waals surface area (Å²) in [6.45, 7) is 8.14. The first-order valence-corrected chi connectivity index (χ1v) is 7.84. The number of hydrogen-bond donors (Lipinski definition) is 1. The number of halogens is 1. The van der Waals surface area contributed by atoms with E-state index in [9.17, 15) is 0 Å². The maximum absolute atomic E-state index is 4.43. The van der Waals surface area contributed by atoms with Gasteiger partial charge in [0.1, 0.15) is 0 Å². The molecule has 108 valence electrons. The average Bonchev–Trinajstić information content (AvgIpc) is 2.82. The molecule has 1 atom stereocenters. The Labute approximate surface area is 128 Å². The Morgan fingerprint density at radius 1 is 1.40 bits per heavy atom. The van der Waals surface area contributed by atoms with Crippen LogP contribution >= 0.6 is 15.9 Å². The molecular weight excluding hydrogens is 316 g/mol. The Morgan fingerprint density at radius 3 is 2.85 bits per heavy atom. The normalized spacial score (nSPS) is 12.6. The van der Waals surface area contributed by atoms with Gasteiger partial charge in [-0.1, -0.05) is 13.0 Å². The molecule has 0 aliphatic carbocycles. The maximum Gasteiger partial charge on any atom is 0.0777 e. The van der Waals surface area contributed by atoms with E-state index in [2.05, 4.69) is 58.2 Å². The van der Waals surface area contributed by atoms with Crippen molar-refractivity contribution in [2.75, 3.05) is 6.54 Å². The number of aryl methyl sites for hydroxylation is 2. The smallest absolute Gasteiger partial charge is 0.0777 e. The Balaban J connectivity index is 2.47. The lowest BCUT2D eigenvalue weighted by molar-refractivity contribution is 0.525. The van der Waals surface area contributed by atoms with Gasteiger partial charge in [-0.25, -0.2) is 0 Å². The lowest BCUT2D eigenvalue weighted by atomic mass is 10.0. The molecule has 2 rings (SSSR count). The van der Waals surface area contributed by atoms with E-state index >= 15 is 0 Å². The molecular formula is C15H21BrN4. The minimum absolute atomic E-state index is 0.112. The number of rotatable bonds is 6. The van der Waals surface area contributed by atoms with Crippen molar-refractivity contribution in [2.24, 2.45) is 0 Å². The van der Waals surface area contributed by atoms with Gasteiger partial charge in [0.15, 0.2) is 0 Å². The van der Waals surface area contributed by atoms with Gasteiger partial charge in [0, 0.05) is 18.4 Å². The molecule has 0 aromatic carbocycles. The highest BCUT2D eigenvalue weighted by Crippen LogP contribution is 2.29. The maximum atomic E-state index is 4.43. The van der Waals surface area contributed by atoms with Crippen LogP contribution in [0.1, 0.15) is 43.3 Å². The highest BCUT2D eigenvalue weighted by molar-refractivity contribution is 9.10. The van der Waals surface area contributed by atoms with Crippen LogP contribution in [0.3, 0.4) is 0 Å². The Bertz CT molecular complexity index is 565. The number of hydrogen-bond acceptors (Lipinski definition) is 3. The van der Waals surface area contributed by atoms with Crippen LogP contribution in [0.25, 0.3) is 0 Å². The molecule has 4 nitrogen and oxygen atoms in total. The van der Waals surface area contributed by atoms with Crippen molar-refractivity contribution in [3.63, 3.8) is 0 Å². The standard InChI is InChI=1S/C15H21BrN4/c1-4-8-18-14(12-7-6-9-17-11(12)3)15-13(16)10-19-20(15)5-2/h6-7,9-10,14,18H,4-5,8H2,1-3H3. The van der Waals surface area contributed by atoms with E-state index in [0.717, 1.165) is 35.4 Å². The van der Waals surface area contributed by atoms with E-state index in [0.29, 0.717) is 0 Å². The van der Waals surface area contributed by atoms with Gasteiger partial charge >= 0.3 is 0 Å². The summed E-state index contributed by atoms with van der Waals surface area (Å²) in [6, 6.07) is 4.24. The van der Waals surface area contributed by atoms with Crippen LogP contribution in [-0.2, 0) is 6.54 Å². The monoisotopic (exact) mass is 336 g/mol. The van der Waals surface area contributed by atoms with Crippen molar-refractivity contribution in [1.29, 1.82) is 0 Å². The summed E-state index contributed by atoms with van der Waals surface area (Å²) in [4.78, 5) is 4.42. The lowest BCUT2D eigenvalue weighted by Gasteiger charge is -2.22. The molecule has 0 bridgehead atoms. The van der Waals surface area contributed by atoms with E-state index in [-0.39, 0.29) is 6.04 Å². The summed E-state index contributed by atoms with van der Waals surface area (Å²) in [6.07, 6.45) is 4.79. The highest BCUT2D eigenvalue weighted by Gasteiger charge is 2.22. The Morgan fingerprint density at radius 2 is 2.20 bits per heavy atom. The van der Waals surface area contributed by atoms with Gasteiger partial charge in [-0.15, -0.1) is 0 Å². The molecule has 0 aliphatic rings. The third kappa shape index (κ3) is 3.10. The van der Waals surface area contributed by atoms with Crippen molar-refractivity contribution in [3.8, 4) is 0 Å². The fourth-order valence-corrected chi connectivity index (χ4v) is 2.88. The van der Waals surface area contributed by atoms with E-state index < -0.39 is 0 Å². The van der Waals surface area contributed by atoms with E-state index in [1.54, 1.807) is 0 Å². The molecule has 0 amide bonds. The molecule has 1 N–H and O–H groups in total. The molecule has 20 heavy (non-hydrogen) atoms. The molecule has 0 saturated carbocycles. The van der Waals surface area contributed by atoms with Gasteiger partial charge in [-0.2, -0.15) is 5.10 Å². The molecule has 0 fully saturated rings. The summed E-state index contributed by atoms with van der Waals surface area (Å²) in [5, 5.41) is 8.04. The second-order valence-electron chi connectivity index (χ2n) is 4.76. The minimum Gasteiger partial charge on any atom is -0.305 e. The van der Waals surface area contributed by atoms with Crippen LogP contribution in [0, 0.1) is 6.92 Å². The molecule has 0 aliphatic heterocycles. The van der Waals surface area contributed by atoms with Crippen molar-refractivity contribution in [1.82, 2.24) is 20.1 Å². The summed E-state index contributed by atoms with van der Waals surface area (Å²) < 4.78 is 3.07. The SMILES string of the molecule is CCCNC(c1cccnc1C)c1c(Br)cnn1CC. The van der Waals surface area contributed by atoms with Gasteiger partial charge in [0.05, 0.1) is 22.4 Å². The second-order valence-corrected chi connectivity index (χ2v) is 5.61. The van der Waals surface area contributed by atoms with Crippen molar-refractivity contribution in [2.45, 2.75) is 39.8 Å². The quantitative estimate of drug-likeness (QED) is 0.878. The van der Waals surface area contributed by atoms with Crippen LogP contribution in [0.2, 0.25) is 0 Å². The van der Waals surface area contributed by atoms with Gasteiger partial charge in [0.25, 0.3) is 0 Å². The number of pyridine rings is 1. The van der Waals surface area contributed by atoms with Crippen LogP contribution < -0.4 is 5.32 Å². The lowest BCUT2D eigenvalue weighted by Crippen LogP contribution is -2.27. The topological polar surface area (TPSA) is 42.7 Å². The molecule has 0 radical (unpaired) electrons. The summed E-state index contributed by atoms with van der Waals surface area (Å²) in [5.41, 5.74) is 3.42. The van der Waals surface area contributed by atoms with Crippen molar-refractivity contribution < 1.29 is 0 Å². The molecule has 1 unspecified atom stereocenters. The molecule has 0 spiro atoms. The molecule has 5 heteroatoms. The van der Waals surface area contributed by atoms with E-state index in [1.807, 2.05) is 23.1 Å². The minimum atomic E-state index is 0.112. The second kappa shape index (κ2) is 6.99. The first-order valence-electron chi connectivity index (χ1n) is 7.05. The summed E-state index contributed by atoms with van der Waals surface area (Å²) in [5.74, 6) is 0. The zero-order valence-corrected chi connectivity index (χ0v) is 13.8. The molecule has 2 heterocycles. The third-order valence-electron chi connectivity index (χ3n) is 3.36. The van der Waals surface area contributed by atoms with Gasteiger partial charge in [0.2, 0.25) is 0 Å². The molecule has 2 aromatic heterocycles. The number of aromatic nitrogens is 3. The zero-order valence-electron chi connectivity index (χ0n) is 12.2. The number of nitrogens with one attached hydrogen (secondary N) is 1. The van der Waals surface area contributed by atoms with Crippen molar-refractivity contribution >= 4 is 15.9 Å². The van der Waals surface area contributed by atoms with Crippen LogP contribution in [0.5, 0.6) is 0 Å². The average molecular weight is 337 g/mol. The fraction of sp³-hybridized carbons (Fsp3) is 0.467. The molecule has 2 aromatic rings. The van der Waals surface area contributed by atoms with E-state index in [4.69, 9.17) is 0 Å². The predicted molar refractivity (Wildman–Crippen MR) is 84.7 cm³/mol. The predicted octanol–water partition coefficient (Wildman–Crippen LogP) is 3.46. The Kier molecular flexibility index (Phi) is 5.31. The van der Waals surface area contributed by atoms with Crippen LogP contribution in [-0.4, -0.2) is 21.3 Å². The van der Waals surface area contributed by atoms with Crippen LogP contribution in [0.4, 0.5) is 0 Å². The zero-order chi connectivity index (χ0) is 14.5. The van der Waals surface area contributed by atoms with Crippen LogP contribution in [0.15, 0.2) is 29.0 Å². The van der Waals surface area contributed by atoms with E-state index in [1.165, 1.54) is 5.56 Å². The summed E-state index contributed by atoms with van der Waals surface area (Å²) in [7, 11) is 0.